The van der Waals surface area contributed by atoms with Crippen LogP contribution in [0.15, 0.2) is 0 Å². The van der Waals surface area contributed by atoms with Gasteiger partial charge < -0.3 is 0 Å². The van der Waals surface area contributed by atoms with Crippen LogP contribution in [-0.2, 0) is 0 Å². The predicted octanol–water partition coefficient (Wildman–Crippen LogP) is 4.21. The molecule has 17 heavy (non-hydrogen) atoms. The summed E-state index contributed by atoms with van der Waals surface area (Å²) < 4.78 is 105. The van der Waals surface area contributed by atoms with Crippen LogP contribution in [0.5, 0.6) is 0 Å². The lowest BCUT2D eigenvalue weighted by Crippen LogP contribution is -2.81. The normalized spacial score (nSPS) is 16.2. The molecule has 0 heterocycles. The van der Waals surface area contributed by atoms with E-state index in [1.807, 2.05) is 0 Å². The maximum absolute atomic E-state index is 13.1. The molecule has 0 nitrogen and oxygen atoms in total. The molecule has 0 spiro atoms. The monoisotopic (exact) mass is 271 g/mol. The fourth-order valence-electron chi connectivity index (χ4n) is 2.67. The van der Waals surface area contributed by atoms with Gasteiger partial charge in [0.1, 0.15) is 23.3 Å². The van der Waals surface area contributed by atoms with Crippen LogP contribution in [0, 0.1) is 0 Å². The van der Waals surface area contributed by atoms with Crippen molar-refractivity contribution < 1.29 is 35.1 Å². The van der Waals surface area contributed by atoms with E-state index < -0.39 is 29.4 Å². The summed E-state index contributed by atoms with van der Waals surface area (Å²) in [6.07, 6.45) is -5.92. The molecule has 0 unspecified atom stereocenters. The second-order valence-electron chi connectivity index (χ2n) is 4.69. The maximum Gasteiger partial charge on any atom is 0.305 e. The smallest absolute Gasteiger partial charge is 0.252 e. The summed E-state index contributed by atoms with van der Waals surface area (Å²) in [6.45, 7) is -1.34. The molecule has 0 aromatic carbocycles. The van der Waals surface area contributed by atoms with E-state index in [2.05, 4.69) is 0 Å². The molecule has 0 aromatic rings. The van der Waals surface area contributed by atoms with Crippen LogP contribution in [0.3, 0.4) is 0 Å². The van der Waals surface area contributed by atoms with Crippen molar-refractivity contribution in [3.63, 3.8) is 0 Å². The zero-order valence-corrected chi connectivity index (χ0v) is 9.60. The first-order valence-corrected chi connectivity index (χ1v) is 4.67. The van der Waals surface area contributed by atoms with Crippen molar-refractivity contribution >= 4 is 6.15 Å². The SMILES string of the molecule is CC(F)(F)[B-](C(C)(F)F)(C(C)(F)F)C(C)(F)F. The highest BCUT2D eigenvalue weighted by Crippen LogP contribution is 2.54. The molecule has 0 saturated carbocycles. The largest absolute Gasteiger partial charge is 0.305 e. The van der Waals surface area contributed by atoms with Gasteiger partial charge in [-0.3, -0.25) is 35.1 Å². The third kappa shape index (κ3) is 2.24. The lowest BCUT2D eigenvalue weighted by molar-refractivity contribution is -0.0564. The summed E-state index contributed by atoms with van der Waals surface area (Å²) in [5.41, 5.74) is 0. The van der Waals surface area contributed by atoms with Gasteiger partial charge in [-0.15, -0.1) is 0 Å². The molecule has 0 fully saturated rings. The quantitative estimate of drug-likeness (QED) is 0.530. The van der Waals surface area contributed by atoms with Gasteiger partial charge >= 0.3 is 6.15 Å². The minimum absolute atomic E-state index is 0.334. The van der Waals surface area contributed by atoms with E-state index >= 15 is 0 Å². The standard InChI is InChI=1S/C8H12BF8/c1-5(10,11)9(6(2,12)13,7(3,14)15)8(4,16)17/h1-4H3/q-1. The fraction of sp³-hybridized carbons (Fsp3) is 1.00. The Morgan fingerprint density at radius 1 is 0.471 bits per heavy atom. The van der Waals surface area contributed by atoms with Crippen LogP contribution in [0.1, 0.15) is 27.7 Å². The van der Waals surface area contributed by atoms with Gasteiger partial charge in [-0.2, -0.15) is 0 Å². The average molecular weight is 271 g/mol. The van der Waals surface area contributed by atoms with E-state index in [9.17, 15) is 35.1 Å². The first-order valence-electron chi connectivity index (χ1n) is 4.67. The predicted molar refractivity (Wildman–Crippen MR) is 48.2 cm³/mol. The first-order chi connectivity index (χ1) is 7.00. The van der Waals surface area contributed by atoms with Crippen molar-refractivity contribution in [2.45, 2.75) is 51.0 Å². The summed E-state index contributed by atoms with van der Waals surface area (Å²) in [5, 5.41) is 0. The van der Waals surface area contributed by atoms with Crippen molar-refractivity contribution in [3.8, 4) is 0 Å². The van der Waals surface area contributed by atoms with Crippen LogP contribution in [0.2, 0.25) is 0 Å². The number of alkyl halides is 8. The van der Waals surface area contributed by atoms with E-state index in [4.69, 9.17) is 0 Å². The molecule has 0 aliphatic rings. The molecule has 0 aliphatic carbocycles. The summed E-state index contributed by atoms with van der Waals surface area (Å²) in [4.78, 5) is 0. The van der Waals surface area contributed by atoms with E-state index in [0.717, 1.165) is 0 Å². The minimum Gasteiger partial charge on any atom is -0.252 e. The van der Waals surface area contributed by atoms with Gasteiger partial charge in [0.25, 0.3) is 0 Å². The van der Waals surface area contributed by atoms with Crippen molar-refractivity contribution in [1.29, 1.82) is 0 Å². The molecule has 0 radical (unpaired) electrons. The summed E-state index contributed by atoms with van der Waals surface area (Å²) >= 11 is 0. The van der Waals surface area contributed by atoms with Gasteiger partial charge in [-0.05, 0) is 27.7 Å². The Morgan fingerprint density at radius 2 is 0.588 bits per heavy atom. The van der Waals surface area contributed by atoms with Gasteiger partial charge in [0.2, 0.25) is 0 Å². The Bertz CT molecular complexity index is 214. The van der Waals surface area contributed by atoms with Crippen LogP contribution in [-0.4, -0.2) is 29.4 Å². The second kappa shape index (κ2) is 3.75. The Labute approximate surface area is 93.3 Å². The molecule has 0 atom stereocenters. The minimum atomic E-state index is -5.92. The van der Waals surface area contributed by atoms with E-state index in [1.54, 1.807) is 0 Å². The number of hydrogen-bond acceptors (Lipinski definition) is 0. The van der Waals surface area contributed by atoms with Crippen molar-refractivity contribution in [2.24, 2.45) is 0 Å². The average Bonchev–Trinajstić information content (AvgIpc) is 1.67. The third-order valence-electron chi connectivity index (χ3n) is 3.04. The zero-order chi connectivity index (χ0) is 14.5. The molecule has 0 rings (SSSR count). The first kappa shape index (κ1) is 16.5. The molecule has 0 amide bonds. The Kier molecular flexibility index (Phi) is 3.64. The van der Waals surface area contributed by atoms with Crippen molar-refractivity contribution in [3.05, 3.63) is 0 Å². The van der Waals surface area contributed by atoms with Crippen LogP contribution in [0.25, 0.3) is 0 Å². The molecule has 104 valence electrons. The Morgan fingerprint density at radius 3 is 0.588 bits per heavy atom. The van der Waals surface area contributed by atoms with E-state index in [1.165, 1.54) is 0 Å². The van der Waals surface area contributed by atoms with Gasteiger partial charge in [-0.25, -0.2) is 0 Å². The molecule has 0 saturated heterocycles. The third-order valence-corrected chi connectivity index (χ3v) is 3.04. The van der Waals surface area contributed by atoms with Crippen LogP contribution < -0.4 is 0 Å². The second-order valence-corrected chi connectivity index (χ2v) is 4.69. The maximum atomic E-state index is 13.1. The number of rotatable bonds is 4. The summed E-state index contributed by atoms with van der Waals surface area (Å²) in [6, 6.07) is 0. The van der Waals surface area contributed by atoms with Gasteiger partial charge in [-0.1, -0.05) is 0 Å². The lowest BCUT2D eigenvalue weighted by Gasteiger charge is -2.54. The lowest BCUT2D eigenvalue weighted by atomic mass is 9.11. The molecule has 0 aliphatic heterocycles. The zero-order valence-electron chi connectivity index (χ0n) is 9.60. The molecule has 0 bridgehead atoms. The van der Waals surface area contributed by atoms with Crippen LogP contribution >= 0.6 is 0 Å². The highest BCUT2D eigenvalue weighted by atomic mass is 19.3. The van der Waals surface area contributed by atoms with E-state index in [-0.39, 0.29) is 27.7 Å². The van der Waals surface area contributed by atoms with Gasteiger partial charge in [0.05, 0.1) is 0 Å². The fourth-order valence-corrected chi connectivity index (χ4v) is 2.67. The molecule has 0 N–H and O–H groups in total. The molecular weight excluding hydrogens is 259 g/mol. The topological polar surface area (TPSA) is 0 Å². The Balaban J connectivity index is 6.37. The highest BCUT2D eigenvalue weighted by molar-refractivity contribution is 6.88. The highest BCUT2D eigenvalue weighted by Gasteiger charge is 2.78. The molecular formula is C8H12BF8-. The van der Waals surface area contributed by atoms with Crippen molar-refractivity contribution in [2.75, 3.05) is 0 Å². The summed E-state index contributed by atoms with van der Waals surface area (Å²) in [7, 11) is 0. The van der Waals surface area contributed by atoms with Gasteiger partial charge in [0, 0.05) is 0 Å². The van der Waals surface area contributed by atoms with Crippen LogP contribution in [0.4, 0.5) is 35.1 Å². The summed E-state index contributed by atoms with van der Waals surface area (Å²) in [5.74, 6) is -19.7. The number of hydrogen-bond donors (Lipinski definition) is 0. The van der Waals surface area contributed by atoms with Crippen molar-refractivity contribution in [1.82, 2.24) is 0 Å². The molecule has 9 heteroatoms. The molecule has 0 aromatic heterocycles. The van der Waals surface area contributed by atoms with E-state index in [0.29, 0.717) is 0 Å². The van der Waals surface area contributed by atoms with Gasteiger partial charge in [0.15, 0.2) is 0 Å². The Hall–Kier alpha value is -0.495. The number of halogens is 8.